The zero-order chi connectivity index (χ0) is 14.3. The fourth-order valence-electron chi connectivity index (χ4n) is 2.39. The molecule has 19 heavy (non-hydrogen) atoms. The predicted molar refractivity (Wildman–Crippen MR) is 75.6 cm³/mol. The highest BCUT2D eigenvalue weighted by Gasteiger charge is 2.53. The fraction of sp³-hybridized carbons (Fsp3) is 0.923. The first kappa shape index (κ1) is 14.6. The first-order valence-electron chi connectivity index (χ1n) is 6.96. The van der Waals surface area contributed by atoms with Crippen molar-refractivity contribution in [1.29, 1.82) is 0 Å². The lowest BCUT2D eigenvalue weighted by Crippen LogP contribution is -2.58. The molecule has 0 aromatic rings. The molecule has 2 rings (SSSR count). The minimum atomic E-state index is -3.57. The monoisotopic (exact) mass is 288 g/mol. The van der Waals surface area contributed by atoms with Crippen molar-refractivity contribution in [2.75, 3.05) is 0 Å². The molecular weight excluding hydrogens is 264 g/mol. The molecule has 0 spiro atoms. The summed E-state index contributed by atoms with van der Waals surface area (Å²) in [5.41, 5.74) is -0.801. The summed E-state index contributed by atoms with van der Waals surface area (Å²) >= 11 is 0. The van der Waals surface area contributed by atoms with E-state index in [1.54, 1.807) is 27.7 Å². The van der Waals surface area contributed by atoms with Crippen LogP contribution in [-0.4, -0.2) is 30.8 Å². The van der Waals surface area contributed by atoms with E-state index in [9.17, 15) is 8.42 Å². The SMILES string of the molecule is CC1(C)OC(NC2CCCCC2)=NS(=O)(=O)C1(C)C. The average molecular weight is 288 g/mol. The number of hydrogen-bond donors (Lipinski definition) is 1. The lowest BCUT2D eigenvalue weighted by atomic mass is 9.93. The third-order valence-corrected chi connectivity index (χ3v) is 6.77. The van der Waals surface area contributed by atoms with Gasteiger partial charge in [0.05, 0.1) is 0 Å². The minimum absolute atomic E-state index is 0.163. The topological polar surface area (TPSA) is 67.8 Å². The zero-order valence-corrected chi connectivity index (χ0v) is 13.0. The van der Waals surface area contributed by atoms with E-state index < -0.39 is 20.4 Å². The molecule has 0 aromatic heterocycles. The van der Waals surface area contributed by atoms with E-state index in [0.29, 0.717) is 0 Å². The van der Waals surface area contributed by atoms with Crippen LogP contribution >= 0.6 is 0 Å². The smallest absolute Gasteiger partial charge is 0.301 e. The van der Waals surface area contributed by atoms with E-state index in [4.69, 9.17) is 4.74 Å². The largest absolute Gasteiger partial charge is 0.457 e. The van der Waals surface area contributed by atoms with Gasteiger partial charge in [0.15, 0.2) is 0 Å². The molecule has 0 amide bonds. The zero-order valence-electron chi connectivity index (χ0n) is 12.2. The van der Waals surface area contributed by atoms with Crippen LogP contribution in [-0.2, 0) is 14.8 Å². The molecule has 1 aliphatic heterocycles. The van der Waals surface area contributed by atoms with Crippen LogP contribution in [0.4, 0.5) is 0 Å². The quantitative estimate of drug-likeness (QED) is 0.803. The van der Waals surface area contributed by atoms with Gasteiger partial charge in [-0.05, 0) is 40.5 Å². The summed E-state index contributed by atoms with van der Waals surface area (Å²) < 4.78 is 33.1. The standard InChI is InChI=1S/C13H24N2O3S/c1-12(2)13(3,4)19(16,17)15-11(18-12)14-10-8-6-5-7-9-10/h10H,5-9H2,1-4H3,(H,14,15). The Kier molecular flexibility index (Phi) is 3.58. The summed E-state index contributed by atoms with van der Waals surface area (Å²) in [6.45, 7) is 6.90. The van der Waals surface area contributed by atoms with Gasteiger partial charge in [0.25, 0.3) is 10.0 Å². The van der Waals surface area contributed by atoms with Gasteiger partial charge < -0.3 is 10.1 Å². The summed E-state index contributed by atoms with van der Waals surface area (Å²) in [6.07, 6.45) is 5.69. The van der Waals surface area contributed by atoms with Crippen LogP contribution in [0.5, 0.6) is 0 Å². The lowest BCUT2D eigenvalue weighted by Gasteiger charge is -2.43. The van der Waals surface area contributed by atoms with Crippen LogP contribution in [0.1, 0.15) is 59.8 Å². The molecule has 1 aliphatic carbocycles. The van der Waals surface area contributed by atoms with Gasteiger partial charge in [-0.1, -0.05) is 19.3 Å². The molecular formula is C13H24N2O3S. The molecule has 1 heterocycles. The summed E-state index contributed by atoms with van der Waals surface area (Å²) in [5, 5.41) is 3.16. The van der Waals surface area contributed by atoms with Crippen molar-refractivity contribution in [3.8, 4) is 0 Å². The van der Waals surface area contributed by atoms with Crippen molar-refractivity contribution in [3.05, 3.63) is 0 Å². The maximum Gasteiger partial charge on any atom is 0.301 e. The minimum Gasteiger partial charge on any atom is -0.457 e. The number of amidine groups is 1. The number of nitrogens with one attached hydrogen (secondary N) is 1. The number of hydrogen-bond acceptors (Lipinski definition) is 4. The van der Waals surface area contributed by atoms with Gasteiger partial charge in [-0.2, -0.15) is 0 Å². The van der Waals surface area contributed by atoms with E-state index in [-0.39, 0.29) is 12.1 Å². The van der Waals surface area contributed by atoms with Gasteiger partial charge >= 0.3 is 6.02 Å². The van der Waals surface area contributed by atoms with Crippen LogP contribution in [0.2, 0.25) is 0 Å². The van der Waals surface area contributed by atoms with Gasteiger partial charge in [-0.25, -0.2) is 8.42 Å². The molecule has 5 nitrogen and oxygen atoms in total. The number of ether oxygens (including phenoxy) is 1. The van der Waals surface area contributed by atoms with Crippen molar-refractivity contribution in [2.45, 2.75) is 76.2 Å². The first-order valence-corrected chi connectivity index (χ1v) is 8.40. The Hall–Kier alpha value is -0.780. The molecule has 6 heteroatoms. The Bertz CT molecular complexity index is 474. The molecule has 1 saturated carbocycles. The molecule has 0 saturated heterocycles. The fourth-order valence-corrected chi connectivity index (χ4v) is 3.59. The summed E-state index contributed by atoms with van der Waals surface area (Å²) in [6, 6.07) is 0.441. The first-order chi connectivity index (χ1) is 8.66. The van der Waals surface area contributed by atoms with Crippen LogP contribution in [0.25, 0.3) is 0 Å². The van der Waals surface area contributed by atoms with Crippen LogP contribution in [0.15, 0.2) is 4.40 Å². The highest BCUT2D eigenvalue weighted by atomic mass is 32.2. The van der Waals surface area contributed by atoms with Crippen molar-refractivity contribution in [1.82, 2.24) is 5.32 Å². The van der Waals surface area contributed by atoms with E-state index in [0.717, 1.165) is 12.8 Å². The average Bonchev–Trinajstić information content (AvgIpc) is 2.27. The molecule has 0 atom stereocenters. The van der Waals surface area contributed by atoms with Crippen LogP contribution in [0, 0.1) is 0 Å². The van der Waals surface area contributed by atoms with E-state index in [1.807, 2.05) is 0 Å². The van der Waals surface area contributed by atoms with Crippen LogP contribution in [0.3, 0.4) is 0 Å². The third kappa shape index (κ3) is 2.59. The molecule has 1 N–H and O–H groups in total. The second kappa shape index (κ2) is 4.65. The Labute approximate surface area is 115 Å². The number of rotatable bonds is 1. The maximum absolute atomic E-state index is 12.3. The third-order valence-electron chi connectivity index (χ3n) is 4.58. The Morgan fingerprint density at radius 2 is 1.74 bits per heavy atom. The Morgan fingerprint density at radius 1 is 1.16 bits per heavy atom. The van der Waals surface area contributed by atoms with Gasteiger partial charge in [0, 0.05) is 6.04 Å². The molecule has 0 bridgehead atoms. The molecule has 0 radical (unpaired) electrons. The van der Waals surface area contributed by atoms with Crippen molar-refractivity contribution >= 4 is 16.0 Å². The van der Waals surface area contributed by atoms with Gasteiger partial charge in [-0.3, -0.25) is 0 Å². The molecule has 110 valence electrons. The predicted octanol–water partition coefficient (Wildman–Crippen LogP) is 2.18. The van der Waals surface area contributed by atoms with Crippen molar-refractivity contribution < 1.29 is 13.2 Å². The van der Waals surface area contributed by atoms with E-state index in [1.165, 1.54) is 19.3 Å². The Morgan fingerprint density at radius 3 is 2.26 bits per heavy atom. The summed E-state index contributed by atoms with van der Waals surface area (Å²) in [5.74, 6) is 0. The second-order valence-electron chi connectivity index (χ2n) is 6.47. The normalized spacial score (nSPS) is 29.2. The highest BCUT2D eigenvalue weighted by molar-refractivity contribution is 7.91. The second-order valence-corrected chi connectivity index (χ2v) is 8.63. The van der Waals surface area contributed by atoms with Crippen molar-refractivity contribution in [3.63, 3.8) is 0 Å². The molecule has 2 aliphatic rings. The molecule has 0 unspecified atom stereocenters. The van der Waals surface area contributed by atoms with Gasteiger partial charge in [0.2, 0.25) is 0 Å². The summed E-state index contributed by atoms with van der Waals surface area (Å²) in [7, 11) is -3.57. The molecule has 1 fully saturated rings. The van der Waals surface area contributed by atoms with Crippen molar-refractivity contribution in [2.24, 2.45) is 4.40 Å². The summed E-state index contributed by atoms with van der Waals surface area (Å²) in [4.78, 5) is 0. The maximum atomic E-state index is 12.3. The number of sulfonamides is 1. The lowest BCUT2D eigenvalue weighted by molar-refractivity contribution is 0.0471. The molecule has 0 aromatic carbocycles. The van der Waals surface area contributed by atoms with Crippen LogP contribution < -0.4 is 5.32 Å². The van der Waals surface area contributed by atoms with E-state index in [2.05, 4.69) is 9.71 Å². The van der Waals surface area contributed by atoms with Gasteiger partial charge in [-0.15, -0.1) is 4.40 Å². The van der Waals surface area contributed by atoms with E-state index >= 15 is 0 Å². The van der Waals surface area contributed by atoms with Gasteiger partial charge in [0.1, 0.15) is 10.3 Å². The Balaban J connectivity index is 2.21. The number of nitrogens with zero attached hydrogens (tertiary/aromatic N) is 1. The highest BCUT2D eigenvalue weighted by Crippen LogP contribution is 2.37.